The zero-order valence-corrected chi connectivity index (χ0v) is 15.2. The summed E-state index contributed by atoms with van der Waals surface area (Å²) in [5, 5.41) is 0. The Morgan fingerprint density at radius 1 is 0.737 bits per heavy atom. The maximum Gasteiger partial charge on any atom is 0.0593 e. The number of hydrogen-bond acceptors (Lipinski definition) is 4. The number of ether oxygens (including phenoxy) is 2. The Hall–Kier alpha value is -0.160. The molecule has 0 aromatic carbocycles. The molecular formula is C15H40N2O2. The van der Waals surface area contributed by atoms with Gasteiger partial charge in [0.05, 0.1) is 13.2 Å². The molecule has 0 saturated heterocycles. The second-order valence-electron chi connectivity index (χ2n) is 3.80. The van der Waals surface area contributed by atoms with Crippen LogP contribution in [0.2, 0.25) is 0 Å². The lowest BCUT2D eigenvalue weighted by Gasteiger charge is -2.07. The summed E-state index contributed by atoms with van der Waals surface area (Å²) in [5.74, 6) is 0. The molecule has 0 saturated carbocycles. The van der Waals surface area contributed by atoms with E-state index < -0.39 is 0 Å². The molecule has 0 rings (SSSR count). The van der Waals surface area contributed by atoms with Crippen molar-refractivity contribution in [1.29, 1.82) is 0 Å². The Morgan fingerprint density at radius 2 is 1.11 bits per heavy atom. The molecule has 0 unspecified atom stereocenters. The average molecular weight is 280 g/mol. The first-order valence-electron chi connectivity index (χ1n) is 7.40. The molecule has 0 aliphatic rings. The van der Waals surface area contributed by atoms with Crippen molar-refractivity contribution >= 4 is 0 Å². The molecule has 4 heteroatoms. The summed E-state index contributed by atoms with van der Waals surface area (Å²) in [5.41, 5.74) is 0. The van der Waals surface area contributed by atoms with Crippen LogP contribution in [0, 0.1) is 0 Å². The summed E-state index contributed by atoms with van der Waals surface area (Å²) in [4.78, 5) is 4.19. The molecule has 0 radical (unpaired) electrons. The fourth-order valence-electron chi connectivity index (χ4n) is 0.665. The van der Waals surface area contributed by atoms with Crippen molar-refractivity contribution < 1.29 is 9.47 Å². The lowest BCUT2D eigenvalue weighted by molar-refractivity contribution is 0.129. The molecule has 0 aromatic heterocycles. The molecular weight excluding hydrogens is 240 g/mol. The zero-order valence-electron chi connectivity index (χ0n) is 15.2. The lowest BCUT2D eigenvalue weighted by Crippen LogP contribution is -2.17. The van der Waals surface area contributed by atoms with Crippen LogP contribution in [0.5, 0.6) is 0 Å². The van der Waals surface area contributed by atoms with Gasteiger partial charge in [-0.1, -0.05) is 27.7 Å². The minimum atomic E-state index is 0.826. The molecule has 0 spiro atoms. The van der Waals surface area contributed by atoms with E-state index in [0.29, 0.717) is 0 Å². The van der Waals surface area contributed by atoms with Gasteiger partial charge in [-0.3, -0.25) is 0 Å². The second-order valence-corrected chi connectivity index (χ2v) is 3.80. The van der Waals surface area contributed by atoms with Crippen LogP contribution < -0.4 is 0 Å². The Balaban J connectivity index is -0.0000000941. The highest BCUT2D eigenvalue weighted by atomic mass is 16.5. The minimum absolute atomic E-state index is 0.826. The van der Waals surface area contributed by atoms with E-state index in [2.05, 4.69) is 9.80 Å². The first-order chi connectivity index (χ1) is 9.04. The molecule has 0 aliphatic heterocycles. The fraction of sp³-hybridized carbons (Fsp3) is 1.00. The van der Waals surface area contributed by atoms with Gasteiger partial charge in [0, 0.05) is 26.8 Å². The van der Waals surface area contributed by atoms with Crippen LogP contribution in [0.4, 0.5) is 0 Å². The Morgan fingerprint density at radius 3 is 1.32 bits per heavy atom. The van der Waals surface area contributed by atoms with E-state index in [1.807, 2.05) is 62.8 Å². The van der Waals surface area contributed by atoms with E-state index in [9.17, 15) is 0 Å². The molecule has 0 bridgehead atoms. The van der Waals surface area contributed by atoms with Crippen molar-refractivity contribution in [3.05, 3.63) is 0 Å². The molecule has 0 aromatic rings. The van der Waals surface area contributed by atoms with E-state index >= 15 is 0 Å². The van der Waals surface area contributed by atoms with Gasteiger partial charge in [0.25, 0.3) is 0 Å². The molecule has 0 N–H and O–H groups in total. The minimum Gasteiger partial charge on any atom is -0.383 e. The van der Waals surface area contributed by atoms with Gasteiger partial charge in [-0.15, -0.1) is 0 Å². The molecule has 0 fully saturated rings. The number of nitrogens with zero attached hydrogens (tertiary/aromatic N) is 2. The van der Waals surface area contributed by atoms with E-state index in [0.717, 1.165) is 32.9 Å². The Labute approximate surface area is 123 Å². The molecule has 0 heterocycles. The van der Waals surface area contributed by atoms with Crippen LogP contribution in [-0.4, -0.2) is 78.0 Å². The molecule has 4 nitrogen and oxygen atoms in total. The van der Waals surface area contributed by atoms with Gasteiger partial charge in [-0.25, -0.2) is 0 Å². The van der Waals surface area contributed by atoms with Crippen LogP contribution in [0.25, 0.3) is 0 Å². The number of rotatable bonds is 7. The summed E-state index contributed by atoms with van der Waals surface area (Å²) >= 11 is 0. The lowest BCUT2D eigenvalue weighted by atomic mass is 10.6. The Kier molecular flexibility index (Phi) is 44.0. The highest BCUT2D eigenvalue weighted by Gasteiger charge is 1.86. The van der Waals surface area contributed by atoms with Gasteiger partial charge in [0.2, 0.25) is 0 Å². The highest BCUT2D eigenvalue weighted by molar-refractivity contribution is 4.37. The third kappa shape index (κ3) is 57.3. The molecule has 122 valence electrons. The third-order valence-electron chi connectivity index (χ3n) is 1.63. The predicted octanol–water partition coefficient (Wildman–Crippen LogP) is 2.83. The maximum absolute atomic E-state index is 5.10. The second kappa shape index (κ2) is 30.7. The average Bonchev–Trinajstić information content (AvgIpc) is 2.41. The standard InChI is InChI=1S/C6H15NO.C5H13NO.2C2H6/c1-4-8-6-5-7(2)3;1-6(2)4-5-7-3;2*1-2/h4-6H2,1-3H3;4-5H2,1-3H3;2*1-2H3. The van der Waals surface area contributed by atoms with Crippen LogP contribution in [0.1, 0.15) is 34.6 Å². The highest BCUT2D eigenvalue weighted by Crippen LogP contribution is 1.75. The SMILES string of the molecule is CC.CC.CCOCCN(C)C.COCCN(C)C. The first-order valence-corrected chi connectivity index (χ1v) is 7.40. The summed E-state index contributed by atoms with van der Waals surface area (Å²) < 4.78 is 9.91. The van der Waals surface area contributed by atoms with Crippen molar-refractivity contribution in [1.82, 2.24) is 9.80 Å². The van der Waals surface area contributed by atoms with Crippen molar-refractivity contribution in [2.75, 3.05) is 68.2 Å². The van der Waals surface area contributed by atoms with Gasteiger partial charge < -0.3 is 19.3 Å². The van der Waals surface area contributed by atoms with Crippen LogP contribution in [0.3, 0.4) is 0 Å². The molecule has 19 heavy (non-hydrogen) atoms. The summed E-state index contributed by atoms with van der Waals surface area (Å²) in [6.45, 7) is 14.5. The van der Waals surface area contributed by atoms with Crippen molar-refractivity contribution in [3.63, 3.8) is 0 Å². The quantitative estimate of drug-likeness (QED) is 0.670. The predicted molar refractivity (Wildman–Crippen MR) is 88.2 cm³/mol. The first kappa shape index (κ1) is 27.2. The summed E-state index contributed by atoms with van der Waals surface area (Å²) in [6.07, 6.45) is 0. The Bertz CT molecular complexity index is 110. The largest absolute Gasteiger partial charge is 0.383 e. The van der Waals surface area contributed by atoms with Gasteiger partial charge in [0.1, 0.15) is 0 Å². The number of methoxy groups -OCH3 is 1. The third-order valence-corrected chi connectivity index (χ3v) is 1.63. The smallest absolute Gasteiger partial charge is 0.0593 e. The maximum atomic E-state index is 5.10. The van der Waals surface area contributed by atoms with Gasteiger partial charge in [-0.2, -0.15) is 0 Å². The molecule has 0 amide bonds. The van der Waals surface area contributed by atoms with Crippen LogP contribution >= 0.6 is 0 Å². The summed E-state index contributed by atoms with van der Waals surface area (Å²) in [6, 6.07) is 0. The van der Waals surface area contributed by atoms with Gasteiger partial charge in [0.15, 0.2) is 0 Å². The van der Waals surface area contributed by atoms with Crippen LogP contribution in [0.15, 0.2) is 0 Å². The fourth-order valence-corrected chi connectivity index (χ4v) is 0.665. The number of hydrogen-bond donors (Lipinski definition) is 0. The topological polar surface area (TPSA) is 24.9 Å². The molecule has 0 atom stereocenters. The van der Waals surface area contributed by atoms with E-state index in [1.165, 1.54) is 0 Å². The zero-order chi connectivity index (χ0) is 16.1. The monoisotopic (exact) mass is 280 g/mol. The van der Waals surface area contributed by atoms with E-state index in [1.54, 1.807) is 7.11 Å². The summed E-state index contributed by atoms with van der Waals surface area (Å²) in [7, 11) is 9.85. The van der Waals surface area contributed by atoms with E-state index in [-0.39, 0.29) is 0 Å². The van der Waals surface area contributed by atoms with Crippen LogP contribution in [-0.2, 0) is 9.47 Å². The number of likely N-dealkylation sites (N-methyl/N-ethyl adjacent to an activating group) is 2. The van der Waals surface area contributed by atoms with Gasteiger partial charge >= 0.3 is 0 Å². The normalized spacial score (nSPS) is 8.84. The molecule has 0 aliphatic carbocycles. The van der Waals surface area contributed by atoms with Crippen molar-refractivity contribution in [2.45, 2.75) is 34.6 Å². The van der Waals surface area contributed by atoms with Crippen molar-refractivity contribution in [3.8, 4) is 0 Å². The van der Waals surface area contributed by atoms with Gasteiger partial charge in [-0.05, 0) is 35.1 Å². The van der Waals surface area contributed by atoms with E-state index in [4.69, 9.17) is 9.47 Å². The van der Waals surface area contributed by atoms with Crippen molar-refractivity contribution in [2.24, 2.45) is 0 Å².